The number of anilines is 1. The van der Waals surface area contributed by atoms with Crippen LogP contribution < -0.4 is 10.5 Å². The molecule has 3 rings (SSSR count). The van der Waals surface area contributed by atoms with E-state index in [1.54, 1.807) is 4.90 Å². The van der Waals surface area contributed by atoms with Gasteiger partial charge in [0, 0.05) is 26.7 Å². The molecule has 0 bridgehead atoms. The fourth-order valence-corrected chi connectivity index (χ4v) is 3.23. The summed E-state index contributed by atoms with van der Waals surface area (Å²) in [5.41, 5.74) is -0.856. The first kappa shape index (κ1) is 19.2. The van der Waals surface area contributed by atoms with E-state index in [0.29, 0.717) is 12.2 Å². The van der Waals surface area contributed by atoms with Crippen molar-refractivity contribution in [3.05, 3.63) is 57.0 Å². The lowest BCUT2D eigenvalue weighted by Gasteiger charge is -2.36. The van der Waals surface area contributed by atoms with E-state index in [-0.39, 0.29) is 36.1 Å². The third-order valence-corrected chi connectivity index (χ3v) is 4.76. The Bertz CT molecular complexity index is 929. The van der Waals surface area contributed by atoms with Gasteiger partial charge < -0.3 is 9.80 Å². The van der Waals surface area contributed by atoms with Gasteiger partial charge in [0.15, 0.2) is 0 Å². The van der Waals surface area contributed by atoms with Gasteiger partial charge in [-0.1, -0.05) is 29.8 Å². The number of rotatable bonds is 3. The van der Waals surface area contributed by atoms with E-state index in [0.717, 1.165) is 10.7 Å². The molecule has 2 aromatic rings. The molecule has 1 aliphatic heterocycles. The average Bonchev–Trinajstić information content (AvgIpc) is 2.61. The standard InChI is InChI=1S/C17H16ClF3N4O2/c1-23-16(27)15(18)13(8-22-23)24-6-7-25(14(26)10-24)9-11-4-2-3-5-12(11)17(19,20)21/h2-5,8H,6-7,9-10H2,1H3. The van der Waals surface area contributed by atoms with E-state index in [1.807, 2.05) is 0 Å². The smallest absolute Gasteiger partial charge is 0.358 e. The van der Waals surface area contributed by atoms with E-state index < -0.39 is 17.3 Å². The lowest BCUT2D eigenvalue weighted by Crippen LogP contribution is -2.50. The van der Waals surface area contributed by atoms with Gasteiger partial charge in [0.2, 0.25) is 5.91 Å². The molecule has 0 unspecified atom stereocenters. The number of hydrogen-bond donors (Lipinski definition) is 0. The van der Waals surface area contributed by atoms with Crippen molar-refractivity contribution in [2.75, 3.05) is 24.5 Å². The molecule has 1 amide bonds. The molecule has 1 aliphatic rings. The first-order chi connectivity index (χ1) is 12.7. The van der Waals surface area contributed by atoms with Crippen molar-refractivity contribution < 1.29 is 18.0 Å². The molecule has 0 radical (unpaired) electrons. The molecule has 10 heteroatoms. The lowest BCUT2D eigenvalue weighted by molar-refractivity contribution is -0.140. The van der Waals surface area contributed by atoms with Gasteiger partial charge in [-0.05, 0) is 11.6 Å². The third-order valence-electron chi connectivity index (χ3n) is 4.40. The SMILES string of the molecule is Cn1ncc(N2CCN(Cc3ccccc3C(F)(F)F)C(=O)C2)c(Cl)c1=O. The monoisotopic (exact) mass is 400 g/mol. The Balaban J connectivity index is 1.77. The molecule has 2 heterocycles. The summed E-state index contributed by atoms with van der Waals surface area (Å²) >= 11 is 6.05. The molecule has 1 saturated heterocycles. The predicted molar refractivity (Wildman–Crippen MR) is 93.6 cm³/mol. The topological polar surface area (TPSA) is 58.4 Å². The van der Waals surface area contributed by atoms with Crippen LogP contribution in [0.3, 0.4) is 0 Å². The Morgan fingerprint density at radius 2 is 1.89 bits per heavy atom. The van der Waals surface area contributed by atoms with Crippen LogP contribution in [0.5, 0.6) is 0 Å². The number of carbonyl (C=O) groups excluding carboxylic acids is 1. The van der Waals surface area contributed by atoms with E-state index in [2.05, 4.69) is 5.10 Å². The summed E-state index contributed by atoms with van der Waals surface area (Å²) in [5, 5.41) is 3.85. The lowest BCUT2D eigenvalue weighted by atomic mass is 10.1. The summed E-state index contributed by atoms with van der Waals surface area (Å²) in [7, 11) is 1.46. The van der Waals surface area contributed by atoms with Crippen LogP contribution in [0.15, 0.2) is 35.3 Å². The summed E-state index contributed by atoms with van der Waals surface area (Å²) in [6.07, 6.45) is -3.09. The molecule has 144 valence electrons. The van der Waals surface area contributed by atoms with E-state index in [4.69, 9.17) is 11.6 Å². The summed E-state index contributed by atoms with van der Waals surface area (Å²) in [6, 6.07) is 5.19. The molecule has 6 nitrogen and oxygen atoms in total. The van der Waals surface area contributed by atoms with Gasteiger partial charge in [-0.15, -0.1) is 0 Å². The summed E-state index contributed by atoms with van der Waals surface area (Å²) < 4.78 is 40.5. The zero-order valence-electron chi connectivity index (χ0n) is 14.3. The van der Waals surface area contributed by atoms with Gasteiger partial charge in [-0.2, -0.15) is 18.3 Å². The van der Waals surface area contributed by atoms with Gasteiger partial charge in [0.05, 0.1) is 24.0 Å². The van der Waals surface area contributed by atoms with E-state index >= 15 is 0 Å². The Labute approximate surface area is 157 Å². The highest BCUT2D eigenvalue weighted by Gasteiger charge is 2.34. The normalized spacial score (nSPS) is 15.4. The first-order valence-corrected chi connectivity index (χ1v) is 8.46. The first-order valence-electron chi connectivity index (χ1n) is 8.08. The van der Waals surface area contributed by atoms with Crippen molar-refractivity contribution in [1.82, 2.24) is 14.7 Å². The zero-order chi connectivity index (χ0) is 19.8. The molecule has 1 aromatic heterocycles. The van der Waals surface area contributed by atoms with Crippen molar-refractivity contribution in [1.29, 1.82) is 0 Å². The van der Waals surface area contributed by atoms with Gasteiger partial charge in [-0.25, -0.2) is 4.68 Å². The molecule has 1 fully saturated rings. The fraction of sp³-hybridized carbons (Fsp3) is 0.353. The van der Waals surface area contributed by atoms with Crippen LogP contribution in [0.1, 0.15) is 11.1 Å². The number of hydrogen-bond acceptors (Lipinski definition) is 4. The fourth-order valence-electron chi connectivity index (χ4n) is 2.94. The second-order valence-electron chi connectivity index (χ2n) is 6.16. The van der Waals surface area contributed by atoms with Crippen LogP contribution in [-0.4, -0.2) is 40.2 Å². The van der Waals surface area contributed by atoms with E-state index in [1.165, 1.54) is 36.3 Å². The van der Waals surface area contributed by atoms with Crippen molar-refractivity contribution in [3.63, 3.8) is 0 Å². The number of aromatic nitrogens is 2. The minimum Gasteiger partial charge on any atom is -0.358 e. The van der Waals surface area contributed by atoms with Crippen molar-refractivity contribution >= 4 is 23.2 Å². The molecule has 1 aromatic carbocycles. The van der Waals surface area contributed by atoms with E-state index in [9.17, 15) is 22.8 Å². The average molecular weight is 401 g/mol. The highest BCUT2D eigenvalue weighted by atomic mass is 35.5. The molecule has 0 N–H and O–H groups in total. The maximum absolute atomic E-state index is 13.1. The van der Waals surface area contributed by atoms with Crippen LogP contribution in [0.25, 0.3) is 0 Å². The number of benzene rings is 1. The van der Waals surface area contributed by atoms with Crippen LogP contribution in [0.2, 0.25) is 5.02 Å². The molecular weight excluding hydrogens is 385 g/mol. The van der Waals surface area contributed by atoms with Gasteiger partial charge in [-0.3, -0.25) is 9.59 Å². The number of piperazine rings is 1. The Kier molecular flexibility index (Phi) is 5.14. The molecule has 0 spiro atoms. The van der Waals surface area contributed by atoms with Crippen LogP contribution in [0.4, 0.5) is 18.9 Å². The van der Waals surface area contributed by atoms with Crippen LogP contribution >= 0.6 is 11.6 Å². The van der Waals surface area contributed by atoms with Crippen molar-refractivity contribution in [2.24, 2.45) is 7.05 Å². The van der Waals surface area contributed by atoms with Gasteiger partial charge >= 0.3 is 6.18 Å². The minimum atomic E-state index is -4.48. The highest BCUT2D eigenvalue weighted by Crippen LogP contribution is 2.32. The summed E-state index contributed by atoms with van der Waals surface area (Å²) in [6.45, 7) is 0.304. The number of carbonyl (C=O) groups is 1. The highest BCUT2D eigenvalue weighted by molar-refractivity contribution is 6.33. The van der Waals surface area contributed by atoms with Crippen LogP contribution in [-0.2, 0) is 24.6 Å². The van der Waals surface area contributed by atoms with Crippen molar-refractivity contribution in [3.8, 4) is 0 Å². The second kappa shape index (κ2) is 7.22. The maximum atomic E-state index is 13.1. The van der Waals surface area contributed by atoms with Gasteiger partial charge in [0.1, 0.15) is 5.02 Å². The Hall–Kier alpha value is -2.55. The molecule has 0 saturated carbocycles. The number of amides is 1. The number of alkyl halides is 3. The molecule has 27 heavy (non-hydrogen) atoms. The van der Waals surface area contributed by atoms with Gasteiger partial charge in [0.25, 0.3) is 5.56 Å². The van der Waals surface area contributed by atoms with Crippen LogP contribution in [0, 0.1) is 0 Å². The summed E-state index contributed by atoms with van der Waals surface area (Å²) in [5.74, 6) is -0.352. The molecular formula is C17H16ClF3N4O2. The van der Waals surface area contributed by atoms with Crippen molar-refractivity contribution in [2.45, 2.75) is 12.7 Å². The second-order valence-corrected chi connectivity index (χ2v) is 6.54. The predicted octanol–water partition coefficient (Wildman–Crippen LogP) is 2.30. The Morgan fingerprint density at radius 3 is 2.56 bits per heavy atom. The maximum Gasteiger partial charge on any atom is 0.416 e. The number of nitrogens with zero attached hydrogens (tertiary/aromatic N) is 4. The third kappa shape index (κ3) is 3.92. The molecule has 0 atom stereocenters. The zero-order valence-corrected chi connectivity index (χ0v) is 15.1. The Morgan fingerprint density at radius 1 is 1.19 bits per heavy atom. The minimum absolute atomic E-state index is 0.0417. The largest absolute Gasteiger partial charge is 0.416 e. The summed E-state index contributed by atoms with van der Waals surface area (Å²) in [4.78, 5) is 27.3. The molecule has 0 aliphatic carbocycles. The quantitative estimate of drug-likeness (QED) is 0.793. The number of aryl methyl sites for hydroxylation is 1. The number of halogens is 4.